The first-order chi connectivity index (χ1) is 32.1. The molecular weight excluding hydrogens is 932 g/mol. The molecule has 0 saturated carbocycles. The van der Waals surface area contributed by atoms with E-state index in [1.807, 2.05) is 34.8 Å². The molecule has 66 heavy (non-hydrogen) atoms. The highest BCUT2D eigenvalue weighted by Crippen LogP contribution is 2.41. The quantitative estimate of drug-likeness (QED) is 0.0901. The summed E-state index contributed by atoms with van der Waals surface area (Å²) in [6, 6.07) is 27.9. The molecule has 19 heteroatoms. The maximum absolute atomic E-state index is 9.71. The van der Waals surface area contributed by atoms with Crippen LogP contribution in [0.2, 0.25) is 0 Å². The third-order valence-electron chi connectivity index (χ3n) is 12.0. The lowest BCUT2D eigenvalue weighted by atomic mass is 10.2. The van der Waals surface area contributed by atoms with E-state index in [1.165, 1.54) is 43.4 Å². The van der Waals surface area contributed by atoms with Crippen LogP contribution in [0.25, 0.3) is 20.4 Å². The van der Waals surface area contributed by atoms with Crippen LogP contribution in [-0.2, 0) is 31.9 Å². The molecule has 14 nitrogen and oxygen atoms in total. The van der Waals surface area contributed by atoms with Gasteiger partial charge in [0.25, 0.3) is 6.17 Å². The monoisotopic (exact) mass is 989 g/mol. The van der Waals surface area contributed by atoms with Crippen LogP contribution in [-0.4, -0.2) is 136 Å². The second-order valence-corrected chi connectivity index (χ2v) is 20.3. The van der Waals surface area contributed by atoms with Crippen LogP contribution < -0.4 is 15.1 Å². The summed E-state index contributed by atoms with van der Waals surface area (Å²) in [5.41, 5.74) is 4.94. The van der Waals surface area contributed by atoms with Gasteiger partial charge in [-0.1, -0.05) is 72.3 Å². The fourth-order valence-electron chi connectivity index (χ4n) is 8.70. The van der Waals surface area contributed by atoms with Gasteiger partial charge in [0.15, 0.2) is 29.9 Å². The van der Waals surface area contributed by atoms with Crippen molar-refractivity contribution in [2.24, 2.45) is 19.2 Å². The van der Waals surface area contributed by atoms with Crippen molar-refractivity contribution in [3.05, 3.63) is 111 Å². The fourth-order valence-corrected chi connectivity index (χ4v) is 11.8. The molecule has 0 radical (unpaired) electrons. The van der Waals surface area contributed by atoms with Crippen molar-refractivity contribution in [3.8, 4) is 0 Å². The molecule has 350 valence electrons. The Morgan fingerprint density at radius 3 is 1.68 bits per heavy atom. The standard InChI is InChI=1S/C17H20N4S.C17H21N4S.C10H14N4S.C3H4Cl2O2/c1-19-15-7-12-22-16(15)17(18-19)21-10-8-20(9-11-21)13-14-5-3-2-4-6-14;1-19-17(16-15(18-19)7-12-22-16)21-10-8-20(9-11-21)13-14-5-3-2-4-6-14;1-13-8-2-7-15-9(8)10(12-13)14-5-3-11-4-6-14;1-2(4)7-3(5)6/h2-7,12H,8-11,13H2,1H3;2-7,12,17H,8-11,13H2,1H3;2,7,11H,3-6H2,1H3;2H,1H3/q;+1;;. The van der Waals surface area contributed by atoms with Crippen molar-refractivity contribution in [3.63, 3.8) is 0 Å². The molecule has 3 fully saturated rings. The summed E-state index contributed by atoms with van der Waals surface area (Å²) < 4.78 is 12.9. The number of aryl methyl sites for hydroxylation is 2. The van der Waals surface area contributed by atoms with E-state index in [0.717, 1.165) is 109 Å². The van der Waals surface area contributed by atoms with Gasteiger partial charge in [-0.25, -0.2) is 9.69 Å². The van der Waals surface area contributed by atoms with Gasteiger partial charge in [-0.05, 0) is 57.5 Å². The minimum absolute atomic E-state index is 0.342. The Bertz CT molecular complexity index is 2620. The predicted molar refractivity (Wildman–Crippen MR) is 272 cm³/mol. The predicted octanol–water partition coefficient (Wildman–Crippen LogP) is 9.25. The summed E-state index contributed by atoms with van der Waals surface area (Å²) in [6.07, 6.45) is 0.342. The maximum Gasteiger partial charge on any atom is 0.405 e. The normalized spacial score (nSPS) is 18.4. The number of azo groups is 2. The van der Waals surface area contributed by atoms with Gasteiger partial charge >= 0.3 is 5.43 Å². The molecule has 4 aliphatic rings. The van der Waals surface area contributed by atoms with E-state index in [1.54, 1.807) is 22.7 Å². The summed E-state index contributed by atoms with van der Waals surface area (Å²) in [5, 5.41) is 23.8. The molecule has 11 rings (SSSR count). The summed E-state index contributed by atoms with van der Waals surface area (Å²) >= 11 is 15.3. The first-order valence-corrected chi connectivity index (χ1v) is 25.9. The Morgan fingerprint density at radius 2 is 1.20 bits per heavy atom. The van der Waals surface area contributed by atoms with Crippen LogP contribution in [0.3, 0.4) is 0 Å². The molecule has 2 unspecified atom stereocenters. The average molecular weight is 991 g/mol. The molecule has 1 N–H and O–H groups in total. The number of hydrogen-bond donors (Lipinski definition) is 1. The second kappa shape index (κ2) is 23.0. The zero-order chi connectivity index (χ0) is 46.0. The summed E-state index contributed by atoms with van der Waals surface area (Å²) in [4.78, 5) is 23.6. The van der Waals surface area contributed by atoms with Crippen LogP contribution in [0.5, 0.6) is 0 Å². The Morgan fingerprint density at radius 1 is 0.712 bits per heavy atom. The number of nitrogens with one attached hydrogen (secondary N) is 1. The number of aromatic nitrogens is 4. The number of rotatable bonds is 8. The molecule has 9 heterocycles. The fraction of sp³-hybridized carbons (Fsp3) is 0.426. The van der Waals surface area contributed by atoms with Gasteiger partial charge < -0.3 is 19.9 Å². The van der Waals surface area contributed by atoms with Crippen molar-refractivity contribution < 1.29 is 14.2 Å². The third-order valence-corrected chi connectivity index (χ3v) is 14.9. The molecule has 0 amide bonds. The highest BCUT2D eigenvalue weighted by atomic mass is 35.5. The number of piperazine rings is 3. The molecule has 0 bridgehead atoms. The molecule has 2 aromatic carbocycles. The third kappa shape index (κ3) is 12.2. The number of carbonyl (C=O) groups is 1. The van der Waals surface area contributed by atoms with Crippen molar-refractivity contribution in [1.82, 2.24) is 39.6 Å². The number of carbonyl (C=O) groups excluding carboxylic acids is 1. The highest BCUT2D eigenvalue weighted by molar-refractivity contribution is 7.18. The second-order valence-electron chi connectivity index (χ2n) is 16.6. The van der Waals surface area contributed by atoms with Gasteiger partial charge in [-0.15, -0.1) is 38.7 Å². The van der Waals surface area contributed by atoms with Crippen LogP contribution in [0.1, 0.15) is 29.1 Å². The summed E-state index contributed by atoms with van der Waals surface area (Å²) in [7, 11) is 6.14. The van der Waals surface area contributed by atoms with Crippen LogP contribution in [0.4, 0.5) is 22.1 Å². The van der Waals surface area contributed by atoms with Crippen LogP contribution in [0, 0.1) is 0 Å². The van der Waals surface area contributed by atoms with E-state index in [-0.39, 0.29) is 0 Å². The lowest BCUT2D eigenvalue weighted by Crippen LogP contribution is -2.48. The first kappa shape index (κ1) is 48.0. The zero-order valence-electron chi connectivity index (χ0n) is 38.0. The van der Waals surface area contributed by atoms with Gasteiger partial charge in [-0.3, -0.25) is 19.2 Å². The molecule has 4 aliphatic heterocycles. The number of hydrogen-bond acceptors (Lipinski definition) is 14. The minimum Gasteiger partial charge on any atom is -0.434 e. The Labute approximate surface area is 409 Å². The topological polar surface area (TPSA) is 106 Å². The number of anilines is 2. The smallest absolute Gasteiger partial charge is 0.405 e. The first-order valence-electron chi connectivity index (χ1n) is 22.4. The van der Waals surface area contributed by atoms with E-state index in [9.17, 15) is 4.79 Å². The van der Waals surface area contributed by atoms with Crippen molar-refractivity contribution in [2.75, 3.05) is 95.4 Å². The van der Waals surface area contributed by atoms with E-state index < -0.39 is 11.0 Å². The number of thiophene rings is 3. The highest BCUT2D eigenvalue weighted by Gasteiger charge is 2.39. The van der Waals surface area contributed by atoms with Crippen molar-refractivity contribution in [2.45, 2.75) is 31.7 Å². The lowest BCUT2D eigenvalue weighted by molar-refractivity contribution is -0.622. The van der Waals surface area contributed by atoms with Gasteiger partial charge in [0.1, 0.15) is 4.88 Å². The van der Waals surface area contributed by atoms with Gasteiger partial charge in [0.05, 0.1) is 20.4 Å². The number of fused-ring (bicyclic) bond motifs is 3. The van der Waals surface area contributed by atoms with E-state index in [2.05, 4.69) is 152 Å². The van der Waals surface area contributed by atoms with Crippen molar-refractivity contribution >= 4 is 100 Å². The average Bonchev–Trinajstić information content (AvgIpc) is 4.19. The molecule has 7 aromatic rings. The number of halogens is 2. The van der Waals surface area contributed by atoms with E-state index >= 15 is 0 Å². The number of ether oxygens (including phenoxy) is 1. The molecule has 0 spiro atoms. The van der Waals surface area contributed by atoms with Gasteiger partial charge in [-0.2, -0.15) is 10.2 Å². The zero-order valence-corrected chi connectivity index (χ0v) is 42.0. The molecule has 2 atom stereocenters. The summed E-state index contributed by atoms with van der Waals surface area (Å²) in [6.45, 7) is 16.6. The number of nitrogens with zero attached hydrogens (tertiary/aromatic N) is 11. The minimum atomic E-state index is -0.873. The Hall–Kier alpha value is -4.43. The Balaban J connectivity index is 0.000000127. The van der Waals surface area contributed by atoms with Crippen molar-refractivity contribution in [1.29, 1.82) is 0 Å². The SMILES string of the molecule is CC(Cl)OC(=O)Cl.C[N+]1=Nc2ccsc2C1N1CCN(Cc2ccccc2)CC1.Cn1nc(N2CCN(Cc3ccccc3)CC2)c2sccc21.Cn1nc(N2CCNCC2)c2sccc21. The lowest BCUT2D eigenvalue weighted by Gasteiger charge is -2.35. The van der Waals surface area contributed by atoms with Crippen LogP contribution >= 0.6 is 57.2 Å². The van der Waals surface area contributed by atoms with E-state index in [4.69, 9.17) is 28.3 Å². The number of benzene rings is 2. The molecule has 5 aromatic heterocycles. The summed E-state index contributed by atoms with van der Waals surface area (Å²) in [5.74, 6) is 2.32. The Kier molecular flexibility index (Phi) is 16.8. The van der Waals surface area contributed by atoms with Crippen LogP contribution in [0.15, 0.2) is 100 Å². The molecule has 0 aliphatic carbocycles. The molecule has 3 saturated heterocycles. The molecular formula is C47H59Cl2N12O2S3+. The van der Waals surface area contributed by atoms with Gasteiger partial charge in [0, 0.05) is 117 Å². The van der Waals surface area contributed by atoms with Gasteiger partial charge in [0.2, 0.25) is 0 Å². The van der Waals surface area contributed by atoms with E-state index in [0.29, 0.717) is 6.17 Å². The number of alkyl halides is 1. The maximum atomic E-state index is 9.71. The largest absolute Gasteiger partial charge is 0.434 e.